The Morgan fingerprint density at radius 3 is 2.66 bits per heavy atom. The quantitative estimate of drug-likeness (QED) is 0.860. The van der Waals surface area contributed by atoms with Crippen LogP contribution in [0.4, 0.5) is 8.78 Å². The van der Waals surface area contributed by atoms with Crippen LogP contribution in [0.3, 0.4) is 0 Å². The van der Waals surface area contributed by atoms with Crippen LogP contribution in [0.5, 0.6) is 0 Å². The lowest BCUT2D eigenvalue weighted by molar-refractivity contribution is -0.130. The fraction of sp³-hybridized carbons (Fsp3) is 0.391. The maximum absolute atomic E-state index is 13.9. The monoisotopic (exact) mass is 398 g/mol. The molecule has 2 aliphatic rings. The van der Waals surface area contributed by atoms with Gasteiger partial charge in [0.25, 0.3) is 0 Å². The lowest BCUT2D eigenvalue weighted by atomic mass is 9.79. The zero-order valence-corrected chi connectivity index (χ0v) is 16.2. The van der Waals surface area contributed by atoms with E-state index in [1.807, 2.05) is 6.07 Å². The number of halogens is 2. The van der Waals surface area contributed by atoms with E-state index in [1.165, 1.54) is 24.3 Å². The van der Waals surface area contributed by atoms with Crippen LogP contribution in [0.25, 0.3) is 0 Å². The lowest BCUT2D eigenvalue weighted by Gasteiger charge is -2.34. The van der Waals surface area contributed by atoms with Gasteiger partial charge in [-0.25, -0.2) is 8.78 Å². The van der Waals surface area contributed by atoms with E-state index >= 15 is 0 Å². The van der Waals surface area contributed by atoms with Crippen molar-refractivity contribution in [1.82, 2.24) is 10.2 Å². The van der Waals surface area contributed by atoms with E-state index < -0.39 is 5.54 Å². The van der Waals surface area contributed by atoms with E-state index in [0.29, 0.717) is 19.5 Å². The second-order valence-electron chi connectivity index (χ2n) is 8.10. The van der Waals surface area contributed by atoms with Crippen LogP contribution < -0.4 is 5.32 Å². The first-order valence-corrected chi connectivity index (χ1v) is 10.0. The number of nitrogens with zero attached hydrogens (tertiary/aromatic N) is 1. The molecule has 1 spiro atoms. The third kappa shape index (κ3) is 4.16. The minimum atomic E-state index is -0.583. The summed E-state index contributed by atoms with van der Waals surface area (Å²) in [5.74, 6) is -0.926. The number of hydrogen-bond donors (Lipinski definition) is 1. The fourth-order valence-electron chi connectivity index (χ4n) is 4.65. The molecular weight excluding hydrogens is 374 g/mol. The molecule has 0 bridgehead atoms. The summed E-state index contributed by atoms with van der Waals surface area (Å²) in [6.07, 6.45) is 3.08. The van der Waals surface area contributed by atoms with Crippen LogP contribution in [0, 0.1) is 11.6 Å². The number of nitrogens with one attached hydrogen (secondary N) is 1. The SMILES string of the molecule is O=C1CCCC[C@]2(CN(C(=O)Cc3ccc(F)cc3)C[C@H]2c2cccc(F)c2)N1. The third-order valence-electron chi connectivity index (χ3n) is 6.08. The van der Waals surface area contributed by atoms with Gasteiger partial charge in [-0.2, -0.15) is 0 Å². The zero-order valence-electron chi connectivity index (χ0n) is 16.2. The van der Waals surface area contributed by atoms with E-state index in [1.54, 1.807) is 23.1 Å². The summed E-state index contributed by atoms with van der Waals surface area (Å²) >= 11 is 0. The molecule has 2 saturated heterocycles. The highest BCUT2D eigenvalue weighted by molar-refractivity contribution is 5.81. The van der Waals surface area contributed by atoms with Gasteiger partial charge >= 0.3 is 0 Å². The Hall–Kier alpha value is -2.76. The molecule has 6 heteroatoms. The normalized spacial score (nSPS) is 24.4. The first kappa shape index (κ1) is 19.6. The first-order chi connectivity index (χ1) is 13.9. The number of likely N-dealkylation sites (tertiary alicyclic amines) is 1. The van der Waals surface area contributed by atoms with Gasteiger partial charge in [-0.3, -0.25) is 9.59 Å². The largest absolute Gasteiger partial charge is 0.348 e. The Morgan fingerprint density at radius 2 is 1.90 bits per heavy atom. The summed E-state index contributed by atoms with van der Waals surface area (Å²) < 4.78 is 27.1. The van der Waals surface area contributed by atoms with Crippen molar-refractivity contribution in [3.63, 3.8) is 0 Å². The van der Waals surface area contributed by atoms with Crippen molar-refractivity contribution in [2.75, 3.05) is 13.1 Å². The van der Waals surface area contributed by atoms with Gasteiger partial charge in [-0.15, -0.1) is 0 Å². The van der Waals surface area contributed by atoms with Crippen LogP contribution in [-0.4, -0.2) is 35.3 Å². The molecular formula is C23H24F2N2O2. The summed E-state index contributed by atoms with van der Waals surface area (Å²) in [6, 6.07) is 12.3. The van der Waals surface area contributed by atoms with Gasteiger partial charge in [0.1, 0.15) is 11.6 Å². The number of benzene rings is 2. The lowest BCUT2D eigenvalue weighted by Crippen LogP contribution is -2.53. The minimum Gasteiger partial charge on any atom is -0.348 e. The second kappa shape index (κ2) is 7.93. The molecule has 2 atom stereocenters. The molecule has 4 nitrogen and oxygen atoms in total. The smallest absolute Gasteiger partial charge is 0.227 e. The van der Waals surface area contributed by atoms with Crippen LogP contribution >= 0.6 is 0 Å². The molecule has 2 fully saturated rings. The summed E-state index contributed by atoms with van der Waals surface area (Å²) in [6.45, 7) is 0.823. The number of rotatable bonds is 3. The summed E-state index contributed by atoms with van der Waals surface area (Å²) in [4.78, 5) is 27.1. The fourth-order valence-corrected chi connectivity index (χ4v) is 4.65. The maximum atomic E-state index is 13.9. The van der Waals surface area contributed by atoms with Gasteiger partial charge in [0.2, 0.25) is 11.8 Å². The van der Waals surface area contributed by atoms with Gasteiger partial charge in [-0.05, 0) is 48.2 Å². The highest BCUT2D eigenvalue weighted by Gasteiger charge is 2.49. The topological polar surface area (TPSA) is 49.4 Å². The number of carbonyl (C=O) groups is 2. The molecule has 2 aromatic carbocycles. The van der Waals surface area contributed by atoms with Crippen molar-refractivity contribution in [2.24, 2.45) is 0 Å². The van der Waals surface area contributed by atoms with E-state index in [0.717, 1.165) is 30.4 Å². The molecule has 0 saturated carbocycles. The average Bonchev–Trinajstić information content (AvgIpc) is 2.95. The van der Waals surface area contributed by atoms with Crippen molar-refractivity contribution in [1.29, 1.82) is 0 Å². The standard InChI is InChI=1S/C23H24F2N2O2/c24-18-9-7-16(8-10-18)12-22(29)27-14-20(17-4-3-5-19(25)13-17)23(15-27)11-2-1-6-21(28)26-23/h3-5,7-10,13,20H,1-2,6,11-12,14-15H2,(H,26,28)/t20-,23+/m0/s1. The van der Waals surface area contributed by atoms with Gasteiger partial charge in [0.05, 0.1) is 12.0 Å². The van der Waals surface area contributed by atoms with Crippen LogP contribution in [0.2, 0.25) is 0 Å². The van der Waals surface area contributed by atoms with Crippen molar-refractivity contribution >= 4 is 11.8 Å². The Balaban J connectivity index is 1.61. The van der Waals surface area contributed by atoms with Gasteiger partial charge in [-0.1, -0.05) is 30.7 Å². The van der Waals surface area contributed by atoms with Crippen LogP contribution in [0.15, 0.2) is 48.5 Å². The molecule has 0 radical (unpaired) electrons. The molecule has 2 aliphatic heterocycles. The summed E-state index contributed by atoms with van der Waals surface area (Å²) in [7, 11) is 0. The summed E-state index contributed by atoms with van der Waals surface area (Å²) in [5, 5.41) is 3.17. The predicted octanol–water partition coefficient (Wildman–Crippen LogP) is 3.56. The number of carbonyl (C=O) groups excluding carboxylic acids is 2. The Bertz CT molecular complexity index is 915. The first-order valence-electron chi connectivity index (χ1n) is 10.0. The van der Waals surface area contributed by atoms with Crippen molar-refractivity contribution < 1.29 is 18.4 Å². The Labute approximate surface area is 168 Å². The molecule has 0 aromatic heterocycles. The molecule has 152 valence electrons. The molecule has 1 N–H and O–H groups in total. The van der Waals surface area contributed by atoms with Crippen LogP contribution in [0.1, 0.15) is 42.7 Å². The molecule has 0 aliphatic carbocycles. The Morgan fingerprint density at radius 1 is 1.10 bits per heavy atom. The molecule has 2 aromatic rings. The van der Waals surface area contributed by atoms with Crippen molar-refractivity contribution in [3.05, 3.63) is 71.3 Å². The molecule has 2 heterocycles. The number of amides is 2. The number of hydrogen-bond acceptors (Lipinski definition) is 2. The second-order valence-corrected chi connectivity index (χ2v) is 8.10. The highest BCUT2D eigenvalue weighted by Crippen LogP contribution is 2.41. The molecule has 29 heavy (non-hydrogen) atoms. The van der Waals surface area contributed by atoms with Crippen molar-refractivity contribution in [3.8, 4) is 0 Å². The van der Waals surface area contributed by atoms with E-state index in [4.69, 9.17) is 0 Å². The van der Waals surface area contributed by atoms with Crippen molar-refractivity contribution in [2.45, 2.75) is 43.6 Å². The third-order valence-corrected chi connectivity index (χ3v) is 6.08. The predicted molar refractivity (Wildman–Crippen MR) is 105 cm³/mol. The van der Waals surface area contributed by atoms with E-state index in [-0.39, 0.29) is 35.8 Å². The summed E-state index contributed by atoms with van der Waals surface area (Å²) in [5.41, 5.74) is 0.952. The molecule has 4 rings (SSSR count). The van der Waals surface area contributed by atoms with E-state index in [2.05, 4.69) is 5.32 Å². The molecule has 0 unspecified atom stereocenters. The van der Waals surface area contributed by atoms with Crippen LogP contribution in [-0.2, 0) is 16.0 Å². The average molecular weight is 398 g/mol. The zero-order chi connectivity index (χ0) is 20.4. The highest BCUT2D eigenvalue weighted by atomic mass is 19.1. The minimum absolute atomic E-state index is 0.0169. The van der Waals surface area contributed by atoms with E-state index in [9.17, 15) is 18.4 Å². The maximum Gasteiger partial charge on any atom is 0.227 e. The van der Waals surface area contributed by atoms with Gasteiger partial charge in [0.15, 0.2) is 0 Å². The molecule has 2 amide bonds. The van der Waals surface area contributed by atoms with Gasteiger partial charge < -0.3 is 10.2 Å². The Kier molecular flexibility index (Phi) is 5.35. The van der Waals surface area contributed by atoms with Gasteiger partial charge in [0, 0.05) is 25.4 Å².